The van der Waals surface area contributed by atoms with Crippen LogP contribution in [0, 0.1) is 30.1 Å². The molecule has 21 heteroatoms. The van der Waals surface area contributed by atoms with E-state index in [1.54, 1.807) is 23.5 Å². The standard InChI is InChI=1S/C63H77N13O7S/c1-38(2)59(63(80)75-36-46(77)28-54(75)62(79)68-51(8-6-21-64)41-10-12-42(13-11-41)60-39(3)67-37-84-60)56-32-57(71-83-56)73-25-17-40(18-26-73)33-72-23-19-47(20-24-72)81-48-29-49(30-48)82-58-27-43(16-22-66-58)76-44-14-15-45(76)35-74(34-44)53-31-52(69-70-61(53)65)50-7-4-5-9-55(50)78/h4-5,7,9-13,16,22,27,31-32,37-38,40,44-49,51,54,59,77-78H,6,8,14-15,17-20,23-26,28-30,33-36H2,1-3H3,(H2,65,70)(H,68,79)/t44-,45?,46-,48?,49?,51-,54+,59-/m1/s1. The first-order valence-electron chi connectivity index (χ1n) is 30.2. The number of piperazine rings is 1. The number of β-amino-alcohol motifs (C(OH)–C–C–N with tert-alkyl or cyclic N) is 1. The Hall–Kier alpha value is -7.38. The smallest absolute Gasteiger partial charge is 0.243 e. The number of fused-ring (bicyclic) bond motifs is 2. The molecule has 6 atom stereocenters. The number of carbonyl (C=O) groups excluding carboxylic acids is 2. The summed E-state index contributed by atoms with van der Waals surface area (Å²) >= 11 is 1.57. The number of aliphatic hydroxyl groups is 1. The molecule has 12 rings (SSSR count). The topological polar surface area (TPSA) is 249 Å². The normalized spacial score (nSPS) is 23.8. The number of hydrogen-bond acceptors (Lipinski definition) is 19. The number of para-hydroxylation sites is 1. The minimum atomic E-state index is -0.882. The van der Waals surface area contributed by atoms with Crippen molar-refractivity contribution in [3.05, 3.63) is 102 Å². The number of carbonyl (C=O) groups is 2. The summed E-state index contributed by atoms with van der Waals surface area (Å²) in [5.41, 5.74) is 14.3. The maximum Gasteiger partial charge on any atom is 0.243 e. The van der Waals surface area contributed by atoms with Gasteiger partial charge in [0.15, 0.2) is 17.4 Å². The lowest BCUT2D eigenvalue weighted by atomic mass is 9.91. The van der Waals surface area contributed by atoms with E-state index in [1.165, 1.54) is 4.90 Å². The molecule has 6 aromatic rings. The van der Waals surface area contributed by atoms with Gasteiger partial charge in [-0.2, -0.15) is 5.26 Å². The number of rotatable bonds is 19. The Morgan fingerprint density at radius 3 is 2.36 bits per heavy atom. The van der Waals surface area contributed by atoms with E-state index in [1.807, 2.05) is 81.0 Å². The van der Waals surface area contributed by atoms with Gasteiger partial charge in [-0.1, -0.05) is 55.4 Å². The fourth-order valence-corrected chi connectivity index (χ4v) is 14.6. The molecule has 2 amide bonds. The van der Waals surface area contributed by atoms with E-state index < -0.39 is 24.1 Å². The average molecular weight is 1160 g/mol. The average Bonchev–Trinajstić information content (AvgIpc) is 3.43. The van der Waals surface area contributed by atoms with Crippen LogP contribution in [0.25, 0.3) is 21.7 Å². The summed E-state index contributed by atoms with van der Waals surface area (Å²) in [5.74, 6) is 1.44. The molecule has 442 valence electrons. The number of ether oxygens (including phenoxy) is 2. The second-order valence-corrected chi connectivity index (χ2v) is 25.2. The second-order valence-electron chi connectivity index (χ2n) is 24.3. The molecule has 2 bridgehead atoms. The molecule has 4 aromatic heterocycles. The number of aromatic nitrogens is 5. The number of aliphatic hydroxyl groups excluding tert-OH is 1. The Balaban J connectivity index is 0.572. The number of phenols is 1. The fourth-order valence-electron chi connectivity index (χ4n) is 13.8. The summed E-state index contributed by atoms with van der Waals surface area (Å²) in [5, 5.41) is 47.1. The van der Waals surface area contributed by atoms with Crippen molar-refractivity contribution in [2.45, 2.75) is 146 Å². The number of amides is 2. The molecule has 2 aromatic carbocycles. The molecule has 20 nitrogen and oxygen atoms in total. The van der Waals surface area contributed by atoms with Crippen LogP contribution in [0.1, 0.15) is 113 Å². The Labute approximate surface area is 494 Å². The molecule has 0 spiro atoms. The Kier molecular flexibility index (Phi) is 17.0. The number of anilines is 4. The number of nitriles is 1. The highest BCUT2D eigenvalue weighted by molar-refractivity contribution is 7.13. The number of nitrogen functional groups attached to an aromatic ring is 1. The number of pyridine rings is 1. The summed E-state index contributed by atoms with van der Waals surface area (Å²) in [4.78, 5) is 49.9. The van der Waals surface area contributed by atoms with Crippen molar-refractivity contribution < 1.29 is 33.8 Å². The van der Waals surface area contributed by atoms with E-state index in [0.29, 0.717) is 59.0 Å². The van der Waals surface area contributed by atoms with Gasteiger partial charge in [0.25, 0.3) is 0 Å². The van der Waals surface area contributed by atoms with Gasteiger partial charge in [-0.3, -0.25) is 9.59 Å². The lowest BCUT2D eigenvalue weighted by Gasteiger charge is -2.43. The van der Waals surface area contributed by atoms with Crippen LogP contribution in [0.15, 0.2) is 89.0 Å². The molecule has 9 heterocycles. The van der Waals surface area contributed by atoms with E-state index in [2.05, 4.69) is 68.4 Å². The third kappa shape index (κ3) is 12.4. The molecule has 0 radical (unpaired) electrons. The van der Waals surface area contributed by atoms with E-state index in [9.17, 15) is 25.1 Å². The van der Waals surface area contributed by atoms with Crippen LogP contribution in [0.3, 0.4) is 0 Å². The summed E-state index contributed by atoms with van der Waals surface area (Å²) in [7, 11) is 0. The molecule has 6 fully saturated rings. The predicted molar refractivity (Wildman–Crippen MR) is 320 cm³/mol. The van der Waals surface area contributed by atoms with Gasteiger partial charge >= 0.3 is 0 Å². The number of phenolic OH excluding ortho intramolecular Hbond substituents is 1. The van der Waals surface area contributed by atoms with Crippen LogP contribution in [-0.4, -0.2) is 152 Å². The predicted octanol–water partition coefficient (Wildman–Crippen LogP) is 8.27. The van der Waals surface area contributed by atoms with Crippen LogP contribution in [0.2, 0.25) is 0 Å². The van der Waals surface area contributed by atoms with Crippen LogP contribution in [0.4, 0.5) is 23.0 Å². The van der Waals surface area contributed by atoms with Crippen LogP contribution in [0.5, 0.6) is 11.6 Å². The highest BCUT2D eigenvalue weighted by atomic mass is 32.1. The third-order valence-corrected chi connectivity index (χ3v) is 19.3. The van der Waals surface area contributed by atoms with Crippen molar-refractivity contribution in [2.75, 3.05) is 72.8 Å². The van der Waals surface area contributed by atoms with Crippen molar-refractivity contribution in [3.8, 4) is 39.4 Å². The van der Waals surface area contributed by atoms with Gasteiger partial charge in [-0.25, -0.2) is 9.97 Å². The van der Waals surface area contributed by atoms with E-state index >= 15 is 0 Å². The first-order valence-corrected chi connectivity index (χ1v) is 31.0. The van der Waals surface area contributed by atoms with Gasteiger partial charge in [-0.15, -0.1) is 21.5 Å². The molecule has 1 unspecified atom stereocenters. The minimum Gasteiger partial charge on any atom is -0.507 e. The lowest BCUT2D eigenvalue weighted by Crippen LogP contribution is -2.54. The van der Waals surface area contributed by atoms with Gasteiger partial charge in [0.05, 0.1) is 57.9 Å². The molecule has 5 saturated heterocycles. The summed E-state index contributed by atoms with van der Waals surface area (Å²) in [6, 6.07) is 24.6. The second kappa shape index (κ2) is 25.1. The maximum absolute atomic E-state index is 14.5. The van der Waals surface area contributed by atoms with Crippen LogP contribution in [-0.2, 0) is 14.3 Å². The number of likely N-dealkylation sites (tertiary alicyclic amines) is 2. The molecular formula is C63H77N13O7S. The summed E-state index contributed by atoms with van der Waals surface area (Å²) in [6.45, 7) is 12.3. The van der Waals surface area contributed by atoms with Crippen molar-refractivity contribution in [2.24, 2.45) is 11.8 Å². The molecule has 5 aliphatic heterocycles. The number of aromatic hydroxyl groups is 1. The maximum atomic E-state index is 14.5. The van der Waals surface area contributed by atoms with Crippen LogP contribution >= 0.6 is 11.3 Å². The van der Waals surface area contributed by atoms with E-state index in [4.69, 9.17) is 19.7 Å². The summed E-state index contributed by atoms with van der Waals surface area (Å²) in [6.07, 6.45) is 10.3. The van der Waals surface area contributed by atoms with E-state index in [0.717, 1.165) is 130 Å². The fraction of sp³-hybridized carbons (Fsp3) is 0.524. The largest absolute Gasteiger partial charge is 0.507 e. The van der Waals surface area contributed by atoms with Crippen LogP contribution < -0.4 is 30.5 Å². The molecule has 5 N–H and O–H groups in total. The molecule has 1 saturated carbocycles. The number of benzene rings is 2. The number of hydrogen-bond donors (Lipinski definition) is 4. The van der Waals surface area contributed by atoms with Crippen molar-refractivity contribution in [3.63, 3.8) is 0 Å². The number of piperidine rings is 2. The number of aryl methyl sites for hydroxylation is 1. The SMILES string of the molecule is Cc1ncsc1-c1ccc([C@@H](CCC#N)NC(=O)[C@@H]2C[C@@H](O)CN2C(=O)[C@@H](c2cc(N3CCC(CN4CCC(OC5CC(Oc6cc(N7C8CC[C@@H]7CN(c7cc(-c9ccccc9O)nnc7N)C8)ccn6)C5)CC4)CC3)no2)C(C)C)cc1. The number of nitrogens with two attached hydrogens (primary N) is 1. The molecule has 6 aliphatic rings. The van der Waals surface area contributed by atoms with E-state index in [-0.39, 0.29) is 61.2 Å². The Bertz CT molecular complexity index is 3280. The molecule has 1 aliphatic carbocycles. The van der Waals surface area contributed by atoms with Gasteiger partial charge in [0, 0.05) is 120 Å². The molecular weight excluding hydrogens is 1080 g/mol. The zero-order valence-corrected chi connectivity index (χ0v) is 49.0. The van der Waals surface area contributed by atoms with Crippen molar-refractivity contribution in [1.82, 2.24) is 40.4 Å². The highest BCUT2D eigenvalue weighted by Gasteiger charge is 2.45. The first-order chi connectivity index (χ1) is 40.8. The third-order valence-electron chi connectivity index (χ3n) is 18.3. The zero-order chi connectivity index (χ0) is 58.0. The monoisotopic (exact) mass is 1160 g/mol. The number of nitrogens with one attached hydrogen (secondary N) is 1. The van der Waals surface area contributed by atoms with Crippen molar-refractivity contribution in [1.29, 1.82) is 5.26 Å². The lowest BCUT2D eigenvalue weighted by molar-refractivity contribution is -0.141. The van der Waals surface area contributed by atoms with Gasteiger partial charge in [0.1, 0.15) is 23.8 Å². The summed E-state index contributed by atoms with van der Waals surface area (Å²) < 4.78 is 19.1. The Morgan fingerprint density at radius 1 is 0.881 bits per heavy atom. The minimum absolute atomic E-state index is 0.0373. The van der Waals surface area contributed by atoms with Gasteiger partial charge in [0.2, 0.25) is 17.7 Å². The quantitative estimate of drug-likeness (QED) is 0.0596. The number of thiazole rings is 1. The first kappa shape index (κ1) is 57.1. The number of nitrogens with zero attached hydrogens (tertiary/aromatic N) is 11. The van der Waals surface area contributed by atoms with Gasteiger partial charge in [-0.05, 0) is 99.1 Å². The Morgan fingerprint density at radius 2 is 1.64 bits per heavy atom. The van der Waals surface area contributed by atoms with Gasteiger partial charge < -0.3 is 59.8 Å². The molecule has 84 heavy (non-hydrogen) atoms. The van der Waals surface area contributed by atoms with Crippen molar-refractivity contribution >= 4 is 46.2 Å². The highest BCUT2D eigenvalue weighted by Crippen LogP contribution is 2.41. The zero-order valence-electron chi connectivity index (χ0n) is 48.2.